The van der Waals surface area contributed by atoms with Gasteiger partial charge in [0, 0.05) is 44.3 Å². The van der Waals surface area contributed by atoms with Gasteiger partial charge in [-0.3, -0.25) is 9.69 Å². The van der Waals surface area contributed by atoms with Gasteiger partial charge in [0.05, 0.1) is 12.1 Å². The molecule has 0 spiro atoms. The van der Waals surface area contributed by atoms with Crippen molar-refractivity contribution in [3.8, 4) is 0 Å². The quantitative estimate of drug-likeness (QED) is 0.804. The maximum absolute atomic E-state index is 13.2. The van der Waals surface area contributed by atoms with E-state index in [4.69, 9.17) is 0 Å². The largest absolute Gasteiger partial charge is 0.344 e. The molecule has 1 aromatic heterocycles. The Hall–Kier alpha value is -2.06. The molecule has 6 nitrogen and oxygen atoms in total. The van der Waals surface area contributed by atoms with Crippen LogP contribution < -0.4 is 4.90 Å². The third-order valence-corrected chi connectivity index (χ3v) is 6.44. The summed E-state index contributed by atoms with van der Waals surface area (Å²) in [7, 11) is 0. The summed E-state index contributed by atoms with van der Waals surface area (Å²) in [6, 6.07) is 6.36. The van der Waals surface area contributed by atoms with E-state index >= 15 is 0 Å². The predicted octanol–water partition coefficient (Wildman–Crippen LogP) is 2.47. The SMILES string of the molecule is Cc1nsc(N2CCN([C@H]3CCN([C@@H](C)c4ccc(F)cc4)C3=O)CC2)n1. The van der Waals surface area contributed by atoms with E-state index in [0.29, 0.717) is 0 Å². The molecule has 0 bridgehead atoms. The summed E-state index contributed by atoms with van der Waals surface area (Å²) in [5, 5.41) is 0.969. The van der Waals surface area contributed by atoms with Gasteiger partial charge in [-0.15, -0.1) is 0 Å². The number of hydrogen-bond acceptors (Lipinski definition) is 6. The highest BCUT2D eigenvalue weighted by Gasteiger charge is 2.39. The second-order valence-electron chi connectivity index (χ2n) is 7.21. The number of benzene rings is 1. The van der Waals surface area contributed by atoms with Crippen LogP contribution in [0.15, 0.2) is 24.3 Å². The second kappa shape index (κ2) is 7.52. The van der Waals surface area contributed by atoms with Gasteiger partial charge in [-0.25, -0.2) is 9.37 Å². The van der Waals surface area contributed by atoms with Crippen molar-refractivity contribution in [2.75, 3.05) is 37.6 Å². The van der Waals surface area contributed by atoms with Gasteiger partial charge in [-0.2, -0.15) is 4.37 Å². The molecular formula is C19H24FN5OS. The topological polar surface area (TPSA) is 52.6 Å². The van der Waals surface area contributed by atoms with Crippen LogP contribution in [-0.4, -0.2) is 63.8 Å². The zero-order valence-corrected chi connectivity index (χ0v) is 16.5. The normalized spacial score (nSPS) is 22.5. The molecule has 2 atom stereocenters. The van der Waals surface area contributed by atoms with Crippen molar-refractivity contribution >= 4 is 22.6 Å². The van der Waals surface area contributed by atoms with Crippen molar-refractivity contribution in [3.63, 3.8) is 0 Å². The summed E-state index contributed by atoms with van der Waals surface area (Å²) in [5.41, 5.74) is 0.974. The lowest BCUT2D eigenvalue weighted by molar-refractivity contribution is -0.134. The molecular weight excluding hydrogens is 365 g/mol. The molecule has 2 aliphatic rings. The highest BCUT2D eigenvalue weighted by molar-refractivity contribution is 7.09. The highest BCUT2D eigenvalue weighted by atomic mass is 32.1. The first-order chi connectivity index (χ1) is 13.0. The van der Waals surface area contributed by atoms with Gasteiger partial charge in [-0.1, -0.05) is 12.1 Å². The third-order valence-electron chi connectivity index (χ3n) is 5.57. The fourth-order valence-electron chi connectivity index (χ4n) is 3.97. The lowest BCUT2D eigenvalue weighted by atomic mass is 10.1. The maximum Gasteiger partial charge on any atom is 0.240 e. The van der Waals surface area contributed by atoms with Gasteiger partial charge in [0.15, 0.2) is 0 Å². The highest BCUT2D eigenvalue weighted by Crippen LogP contribution is 2.29. The Bertz CT molecular complexity index is 803. The fraction of sp³-hybridized carbons (Fsp3) is 0.526. The van der Waals surface area contributed by atoms with E-state index in [1.807, 2.05) is 18.7 Å². The van der Waals surface area contributed by atoms with Gasteiger partial charge in [-0.05, 0) is 38.0 Å². The molecule has 2 aliphatic heterocycles. The smallest absolute Gasteiger partial charge is 0.240 e. The maximum atomic E-state index is 13.2. The number of nitrogens with zero attached hydrogens (tertiary/aromatic N) is 5. The van der Waals surface area contributed by atoms with Crippen LogP contribution in [0.3, 0.4) is 0 Å². The number of hydrogen-bond donors (Lipinski definition) is 0. The van der Waals surface area contributed by atoms with Gasteiger partial charge in [0.2, 0.25) is 11.0 Å². The molecule has 144 valence electrons. The number of halogens is 1. The van der Waals surface area contributed by atoms with Gasteiger partial charge in [0.25, 0.3) is 0 Å². The summed E-state index contributed by atoms with van der Waals surface area (Å²) in [6.07, 6.45) is 0.849. The van der Waals surface area contributed by atoms with Crippen molar-refractivity contribution in [1.82, 2.24) is 19.2 Å². The molecule has 0 radical (unpaired) electrons. The number of amides is 1. The second-order valence-corrected chi connectivity index (χ2v) is 7.94. The summed E-state index contributed by atoms with van der Waals surface area (Å²) in [5.74, 6) is 0.751. The number of aromatic nitrogens is 2. The number of likely N-dealkylation sites (tertiary alicyclic amines) is 1. The standard InChI is InChI=1S/C19H24FN5OS/c1-13(15-3-5-16(20)6-4-15)25-8-7-17(18(25)26)23-9-11-24(12-10-23)19-21-14(2)22-27-19/h3-6,13,17H,7-12H2,1-2H3/t13-,17-/m0/s1. The number of anilines is 1. The van der Waals surface area contributed by atoms with E-state index in [1.165, 1.54) is 23.7 Å². The molecule has 27 heavy (non-hydrogen) atoms. The summed E-state index contributed by atoms with van der Waals surface area (Å²) in [4.78, 5) is 24.0. The van der Waals surface area contributed by atoms with Crippen LogP contribution in [0.5, 0.6) is 0 Å². The van der Waals surface area contributed by atoms with E-state index in [2.05, 4.69) is 19.2 Å². The monoisotopic (exact) mass is 389 g/mol. The molecule has 0 N–H and O–H groups in total. The van der Waals surface area contributed by atoms with Crippen LogP contribution in [-0.2, 0) is 4.79 Å². The van der Waals surface area contributed by atoms with Crippen LogP contribution in [0.2, 0.25) is 0 Å². The molecule has 2 saturated heterocycles. The Labute approximate surface area is 162 Å². The van der Waals surface area contributed by atoms with E-state index in [-0.39, 0.29) is 23.8 Å². The lowest BCUT2D eigenvalue weighted by Crippen LogP contribution is -2.52. The molecule has 1 aromatic carbocycles. The van der Waals surface area contributed by atoms with Crippen LogP contribution >= 0.6 is 11.5 Å². The Morgan fingerprint density at radius 3 is 2.48 bits per heavy atom. The Morgan fingerprint density at radius 2 is 1.85 bits per heavy atom. The number of rotatable bonds is 4. The Kier molecular flexibility index (Phi) is 5.10. The minimum Gasteiger partial charge on any atom is -0.344 e. The molecule has 1 amide bonds. The van der Waals surface area contributed by atoms with Gasteiger partial charge in [0.1, 0.15) is 11.6 Å². The van der Waals surface area contributed by atoms with Crippen LogP contribution in [0.25, 0.3) is 0 Å². The van der Waals surface area contributed by atoms with Crippen molar-refractivity contribution in [3.05, 3.63) is 41.5 Å². The van der Waals surface area contributed by atoms with Crippen LogP contribution in [0, 0.1) is 12.7 Å². The third kappa shape index (κ3) is 3.68. The molecule has 0 saturated carbocycles. The average molecular weight is 390 g/mol. The lowest BCUT2D eigenvalue weighted by Gasteiger charge is -2.37. The minimum atomic E-state index is -0.250. The van der Waals surface area contributed by atoms with Crippen molar-refractivity contribution in [2.24, 2.45) is 0 Å². The first-order valence-corrected chi connectivity index (χ1v) is 10.2. The average Bonchev–Trinajstić information content (AvgIpc) is 3.28. The minimum absolute atomic E-state index is 0.0336. The molecule has 3 heterocycles. The van der Waals surface area contributed by atoms with E-state index < -0.39 is 0 Å². The number of piperazine rings is 1. The number of carbonyl (C=O) groups is 1. The van der Waals surface area contributed by atoms with E-state index in [0.717, 1.165) is 55.7 Å². The summed E-state index contributed by atoms with van der Waals surface area (Å²) >= 11 is 1.44. The molecule has 0 unspecified atom stereocenters. The Morgan fingerprint density at radius 1 is 1.15 bits per heavy atom. The zero-order valence-electron chi connectivity index (χ0n) is 15.6. The molecule has 4 rings (SSSR count). The number of carbonyl (C=O) groups excluding carboxylic acids is 1. The summed E-state index contributed by atoms with van der Waals surface area (Å²) < 4.78 is 17.4. The van der Waals surface area contributed by atoms with Crippen LogP contribution in [0.1, 0.15) is 30.8 Å². The van der Waals surface area contributed by atoms with E-state index in [9.17, 15) is 9.18 Å². The first-order valence-electron chi connectivity index (χ1n) is 9.38. The van der Waals surface area contributed by atoms with Crippen molar-refractivity contribution < 1.29 is 9.18 Å². The van der Waals surface area contributed by atoms with Gasteiger partial charge < -0.3 is 9.80 Å². The molecule has 0 aliphatic carbocycles. The Balaban J connectivity index is 1.37. The van der Waals surface area contributed by atoms with E-state index in [1.54, 1.807) is 12.1 Å². The predicted molar refractivity (Wildman–Crippen MR) is 103 cm³/mol. The molecule has 2 fully saturated rings. The first kappa shape index (κ1) is 18.3. The zero-order chi connectivity index (χ0) is 19.0. The van der Waals surface area contributed by atoms with Gasteiger partial charge >= 0.3 is 0 Å². The van der Waals surface area contributed by atoms with Crippen molar-refractivity contribution in [1.29, 1.82) is 0 Å². The number of aryl methyl sites for hydroxylation is 1. The van der Waals surface area contributed by atoms with Crippen molar-refractivity contribution in [2.45, 2.75) is 32.4 Å². The van der Waals surface area contributed by atoms with Crippen LogP contribution in [0.4, 0.5) is 9.52 Å². The molecule has 8 heteroatoms. The fourth-order valence-corrected chi connectivity index (χ4v) is 4.70. The summed E-state index contributed by atoms with van der Waals surface area (Å²) in [6.45, 7) is 8.12. The molecule has 2 aromatic rings.